The predicted molar refractivity (Wildman–Crippen MR) is 55.6 cm³/mol. The van der Waals surface area contributed by atoms with Gasteiger partial charge in [-0.15, -0.1) is 0 Å². The minimum Gasteiger partial charge on any atom is -0.507 e. The molecule has 0 radical (unpaired) electrons. The van der Waals surface area contributed by atoms with Crippen molar-refractivity contribution in [1.29, 1.82) is 0 Å². The first-order valence-corrected chi connectivity index (χ1v) is 4.90. The van der Waals surface area contributed by atoms with Crippen molar-refractivity contribution < 1.29 is 27.1 Å². The normalized spacial score (nSPS) is 12.9. The molecule has 2 rings (SSSR count). The van der Waals surface area contributed by atoms with Gasteiger partial charge in [-0.25, -0.2) is 0 Å². The average molecular weight is 262 g/mol. The fourth-order valence-electron chi connectivity index (χ4n) is 1.62. The summed E-state index contributed by atoms with van der Waals surface area (Å²) in [5.41, 5.74) is -1.19. The van der Waals surface area contributed by atoms with Crippen LogP contribution in [0.3, 0.4) is 0 Å². The molecule has 0 amide bonds. The number of phenolic OH excluding ortho intramolecular Hbond substituents is 1. The number of aromatic hydroxyl groups is 1. The lowest BCUT2D eigenvalue weighted by atomic mass is 10.0. The summed E-state index contributed by atoms with van der Waals surface area (Å²) in [7, 11) is 0. The second-order valence-electron chi connectivity index (χ2n) is 3.79. The minimum atomic E-state index is -5.66. The van der Waals surface area contributed by atoms with Crippen molar-refractivity contribution in [3.8, 4) is 5.75 Å². The van der Waals surface area contributed by atoms with E-state index in [1.165, 1.54) is 18.2 Å². The zero-order chi connectivity index (χ0) is 13.6. The Balaban J connectivity index is 2.64. The van der Waals surface area contributed by atoms with Crippen LogP contribution in [-0.4, -0.2) is 11.3 Å². The zero-order valence-corrected chi connectivity index (χ0v) is 8.80. The van der Waals surface area contributed by atoms with Gasteiger partial charge in [-0.3, -0.25) is 0 Å². The van der Waals surface area contributed by atoms with Gasteiger partial charge < -0.3 is 5.11 Å². The van der Waals surface area contributed by atoms with E-state index in [1.54, 1.807) is 0 Å². The van der Waals surface area contributed by atoms with E-state index < -0.39 is 17.7 Å². The maximum atomic E-state index is 13.1. The van der Waals surface area contributed by atoms with Gasteiger partial charge in [-0.1, -0.05) is 24.3 Å². The Morgan fingerprint density at radius 1 is 0.889 bits per heavy atom. The van der Waals surface area contributed by atoms with Crippen LogP contribution >= 0.6 is 0 Å². The van der Waals surface area contributed by atoms with Gasteiger partial charge >= 0.3 is 12.1 Å². The fourth-order valence-corrected chi connectivity index (χ4v) is 1.62. The molecule has 0 aliphatic rings. The van der Waals surface area contributed by atoms with Gasteiger partial charge in [0.2, 0.25) is 0 Å². The standard InChI is InChI=1S/C12H7F5O/c13-11(14,12(15,16)17)8-5-4-7-2-1-3-10(18)9(7)6-8/h1-6,18H. The zero-order valence-electron chi connectivity index (χ0n) is 8.80. The van der Waals surface area contributed by atoms with E-state index >= 15 is 0 Å². The molecular weight excluding hydrogens is 255 g/mol. The van der Waals surface area contributed by atoms with Crippen molar-refractivity contribution in [2.75, 3.05) is 0 Å². The van der Waals surface area contributed by atoms with Gasteiger partial charge in [0.1, 0.15) is 5.75 Å². The first-order valence-electron chi connectivity index (χ1n) is 4.90. The molecule has 96 valence electrons. The molecule has 0 aliphatic heterocycles. The van der Waals surface area contributed by atoms with E-state index in [4.69, 9.17) is 0 Å². The smallest absolute Gasteiger partial charge is 0.458 e. The molecule has 18 heavy (non-hydrogen) atoms. The number of phenols is 1. The first kappa shape index (κ1) is 12.6. The van der Waals surface area contributed by atoms with Crippen LogP contribution in [0, 0.1) is 0 Å². The van der Waals surface area contributed by atoms with E-state index in [0.717, 1.165) is 6.07 Å². The quantitative estimate of drug-likeness (QED) is 0.763. The predicted octanol–water partition coefficient (Wildman–Crippen LogP) is 4.20. The van der Waals surface area contributed by atoms with E-state index in [-0.39, 0.29) is 11.1 Å². The molecule has 2 aromatic rings. The summed E-state index contributed by atoms with van der Waals surface area (Å²) in [5, 5.41) is 9.78. The summed E-state index contributed by atoms with van der Waals surface area (Å²) >= 11 is 0. The van der Waals surface area contributed by atoms with Crippen molar-refractivity contribution in [3.05, 3.63) is 42.0 Å². The van der Waals surface area contributed by atoms with E-state index in [0.29, 0.717) is 17.5 Å². The lowest BCUT2D eigenvalue weighted by Gasteiger charge is -2.20. The number of fused-ring (bicyclic) bond motifs is 1. The fraction of sp³-hybridized carbons (Fsp3) is 0.167. The summed E-state index contributed by atoms with van der Waals surface area (Å²) in [5.74, 6) is -5.28. The Kier molecular flexibility index (Phi) is 2.68. The Hall–Kier alpha value is -1.85. The number of rotatable bonds is 1. The van der Waals surface area contributed by atoms with Crippen LogP contribution in [0.5, 0.6) is 5.75 Å². The molecule has 2 aromatic carbocycles. The molecule has 0 bridgehead atoms. The molecule has 0 aliphatic carbocycles. The summed E-state index contributed by atoms with van der Waals surface area (Å²) in [6.45, 7) is 0. The maximum absolute atomic E-state index is 13.1. The molecule has 6 heteroatoms. The molecule has 0 aromatic heterocycles. The largest absolute Gasteiger partial charge is 0.507 e. The summed E-state index contributed by atoms with van der Waals surface area (Å²) < 4.78 is 62.9. The van der Waals surface area contributed by atoms with Gasteiger partial charge in [0.05, 0.1) is 0 Å². The number of hydrogen-bond donors (Lipinski definition) is 1. The van der Waals surface area contributed by atoms with Crippen LogP contribution in [0.15, 0.2) is 36.4 Å². The van der Waals surface area contributed by atoms with Crippen LogP contribution in [-0.2, 0) is 5.92 Å². The molecule has 0 saturated carbocycles. The summed E-state index contributed by atoms with van der Waals surface area (Å²) in [4.78, 5) is 0. The van der Waals surface area contributed by atoms with Gasteiger partial charge in [0.25, 0.3) is 0 Å². The molecule has 1 nitrogen and oxygen atoms in total. The van der Waals surface area contributed by atoms with Crippen molar-refractivity contribution in [2.24, 2.45) is 0 Å². The third kappa shape index (κ3) is 1.87. The SMILES string of the molecule is Oc1cccc2ccc(C(F)(F)C(F)(F)F)cc12. The van der Waals surface area contributed by atoms with E-state index in [9.17, 15) is 27.1 Å². The topological polar surface area (TPSA) is 20.2 Å². The van der Waals surface area contributed by atoms with Crippen LogP contribution < -0.4 is 0 Å². The lowest BCUT2D eigenvalue weighted by Crippen LogP contribution is -2.33. The van der Waals surface area contributed by atoms with E-state index in [1.807, 2.05) is 0 Å². The van der Waals surface area contributed by atoms with Crippen molar-refractivity contribution in [2.45, 2.75) is 12.1 Å². The van der Waals surface area contributed by atoms with Crippen LogP contribution in [0.2, 0.25) is 0 Å². The number of benzene rings is 2. The third-order valence-electron chi connectivity index (χ3n) is 2.58. The second kappa shape index (κ2) is 3.83. The van der Waals surface area contributed by atoms with Crippen molar-refractivity contribution in [3.63, 3.8) is 0 Å². The Morgan fingerprint density at radius 2 is 1.56 bits per heavy atom. The summed E-state index contributed by atoms with van der Waals surface area (Å²) in [6, 6.07) is 6.67. The Bertz CT molecular complexity index is 589. The summed E-state index contributed by atoms with van der Waals surface area (Å²) in [6.07, 6.45) is -5.66. The molecule has 0 saturated heterocycles. The highest BCUT2D eigenvalue weighted by Crippen LogP contribution is 2.44. The van der Waals surface area contributed by atoms with Gasteiger partial charge in [0, 0.05) is 10.9 Å². The highest BCUT2D eigenvalue weighted by atomic mass is 19.4. The van der Waals surface area contributed by atoms with Crippen LogP contribution in [0.4, 0.5) is 22.0 Å². The minimum absolute atomic E-state index is 0.0427. The number of halogens is 5. The molecule has 0 unspecified atom stereocenters. The van der Waals surface area contributed by atoms with Crippen LogP contribution in [0.1, 0.15) is 5.56 Å². The Labute approximate surface area is 98.5 Å². The molecule has 0 fully saturated rings. The highest BCUT2D eigenvalue weighted by molar-refractivity contribution is 5.88. The first-order chi connectivity index (χ1) is 8.23. The average Bonchev–Trinajstić information content (AvgIpc) is 2.27. The van der Waals surface area contributed by atoms with Crippen LogP contribution in [0.25, 0.3) is 10.8 Å². The van der Waals surface area contributed by atoms with E-state index in [2.05, 4.69) is 0 Å². The Morgan fingerprint density at radius 3 is 2.17 bits per heavy atom. The number of hydrogen-bond acceptors (Lipinski definition) is 1. The van der Waals surface area contributed by atoms with Gasteiger partial charge in [-0.05, 0) is 17.5 Å². The van der Waals surface area contributed by atoms with Gasteiger partial charge in [-0.2, -0.15) is 22.0 Å². The molecule has 0 atom stereocenters. The molecule has 0 spiro atoms. The lowest BCUT2D eigenvalue weighted by molar-refractivity contribution is -0.289. The highest BCUT2D eigenvalue weighted by Gasteiger charge is 2.58. The molecule has 0 heterocycles. The molecular formula is C12H7F5O. The monoisotopic (exact) mass is 262 g/mol. The second-order valence-corrected chi connectivity index (χ2v) is 3.79. The number of alkyl halides is 5. The molecule has 1 N–H and O–H groups in total. The van der Waals surface area contributed by atoms with Gasteiger partial charge in [0.15, 0.2) is 0 Å². The maximum Gasteiger partial charge on any atom is 0.458 e. The van der Waals surface area contributed by atoms with Crippen molar-refractivity contribution in [1.82, 2.24) is 0 Å². The van der Waals surface area contributed by atoms with Crippen molar-refractivity contribution >= 4 is 10.8 Å². The third-order valence-corrected chi connectivity index (χ3v) is 2.58.